The summed E-state index contributed by atoms with van der Waals surface area (Å²) in [5.41, 5.74) is 1.80. The highest BCUT2D eigenvalue weighted by molar-refractivity contribution is 7.10. The Labute approximate surface area is 160 Å². The first-order valence-corrected chi connectivity index (χ1v) is 9.34. The summed E-state index contributed by atoms with van der Waals surface area (Å²) in [4.78, 5) is 38.7. The van der Waals surface area contributed by atoms with Gasteiger partial charge in [0, 0.05) is 23.5 Å². The number of hydrogen-bond acceptors (Lipinski definition) is 5. The molecule has 2 amide bonds. The third kappa shape index (κ3) is 3.95. The van der Waals surface area contributed by atoms with Crippen LogP contribution in [-0.2, 0) is 9.59 Å². The van der Waals surface area contributed by atoms with Crippen LogP contribution < -0.4 is 10.1 Å². The van der Waals surface area contributed by atoms with Crippen LogP contribution in [0, 0.1) is 13.8 Å². The molecule has 0 spiro atoms. The number of rotatable bonds is 5. The molecule has 0 saturated carbocycles. The number of carboxylic acid groups (broad SMARTS) is 1. The van der Waals surface area contributed by atoms with Crippen LogP contribution in [0.4, 0.5) is 0 Å². The third-order valence-corrected chi connectivity index (χ3v) is 5.26. The highest BCUT2D eigenvalue weighted by Gasteiger charge is 2.35. The Morgan fingerprint density at radius 3 is 2.63 bits per heavy atom. The fourth-order valence-corrected chi connectivity index (χ4v) is 4.05. The molecule has 1 atom stereocenters. The number of carbonyl (C=O) groups excluding carboxylic acids is 2. The van der Waals surface area contributed by atoms with Crippen molar-refractivity contribution in [2.75, 3.05) is 19.7 Å². The van der Waals surface area contributed by atoms with Crippen molar-refractivity contribution in [3.8, 4) is 5.75 Å². The van der Waals surface area contributed by atoms with E-state index in [-0.39, 0.29) is 11.8 Å². The second kappa shape index (κ2) is 7.79. The van der Waals surface area contributed by atoms with E-state index in [1.54, 1.807) is 30.9 Å². The molecule has 8 heteroatoms. The van der Waals surface area contributed by atoms with Crippen molar-refractivity contribution in [2.24, 2.45) is 0 Å². The molecule has 1 unspecified atom stereocenters. The molecular weight excluding hydrogens is 368 g/mol. The highest BCUT2D eigenvalue weighted by Crippen LogP contribution is 2.30. The average molecular weight is 388 g/mol. The van der Waals surface area contributed by atoms with Crippen LogP contribution in [0.5, 0.6) is 5.75 Å². The fourth-order valence-electron chi connectivity index (χ4n) is 3.22. The molecule has 2 heterocycles. The van der Waals surface area contributed by atoms with Gasteiger partial charge in [-0.05, 0) is 48.6 Å². The number of benzene rings is 1. The molecular formula is C19H20N2O5S. The zero-order chi connectivity index (χ0) is 19.6. The molecule has 2 N–H and O–H groups in total. The second-order valence-electron chi connectivity index (χ2n) is 6.33. The number of ether oxygens (including phenoxy) is 1. The molecule has 27 heavy (non-hydrogen) atoms. The molecule has 7 nitrogen and oxygen atoms in total. The van der Waals surface area contributed by atoms with Crippen LogP contribution in [0.15, 0.2) is 29.6 Å². The van der Waals surface area contributed by atoms with Gasteiger partial charge in [0.1, 0.15) is 11.8 Å². The molecule has 1 fully saturated rings. The van der Waals surface area contributed by atoms with Crippen LogP contribution in [0.1, 0.15) is 32.4 Å². The maximum absolute atomic E-state index is 13.1. The van der Waals surface area contributed by atoms with Gasteiger partial charge >= 0.3 is 5.97 Å². The standard InChI is InChI=1S/C19H20N2O5S/c1-11-8-13(9-12(2)17(11)26-10-15(22)23)19(25)21-6-5-20-18(24)16(21)14-4-3-7-27-14/h3-4,7-9,16H,5-6,10H2,1-2H3,(H,20,24)(H,22,23). The summed E-state index contributed by atoms with van der Waals surface area (Å²) in [6.07, 6.45) is 0. The van der Waals surface area contributed by atoms with Gasteiger partial charge < -0.3 is 20.1 Å². The lowest BCUT2D eigenvalue weighted by Gasteiger charge is -2.34. The molecule has 1 aliphatic rings. The largest absolute Gasteiger partial charge is 0.481 e. The Kier molecular flexibility index (Phi) is 5.46. The smallest absolute Gasteiger partial charge is 0.341 e. The van der Waals surface area contributed by atoms with Crippen molar-refractivity contribution in [3.05, 3.63) is 51.2 Å². The predicted octanol–water partition coefficient (Wildman–Crippen LogP) is 2.14. The van der Waals surface area contributed by atoms with E-state index in [4.69, 9.17) is 9.84 Å². The van der Waals surface area contributed by atoms with Crippen molar-refractivity contribution in [1.82, 2.24) is 10.2 Å². The van der Waals surface area contributed by atoms with Crippen molar-refractivity contribution in [1.29, 1.82) is 0 Å². The summed E-state index contributed by atoms with van der Waals surface area (Å²) in [5.74, 6) is -1.03. The summed E-state index contributed by atoms with van der Waals surface area (Å²) in [6.45, 7) is 3.91. The predicted molar refractivity (Wildman–Crippen MR) is 100 cm³/mol. The van der Waals surface area contributed by atoms with Gasteiger partial charge in [-0.2, -0.15) is 0 Å². The molecule has 3 rings (SSSR count). The number of thiophene rings is 1. The summed E-state index contributed by atoms with van der Waals surface area (Å²) in [6, 6.07) is 6.40. The van der Waals surface area contributed by atoms with Gasteiger partial charge in [0.2, 0.25) is 5.91 Å². The molecule has 0 aliphatic carbocycles. The Bertz CT molecular complexity index is 855. The number of carbonyl (C=O) groups is 3. The van der Waals surface area contributed by atoms with E-state index in [1.807, 2.05) is 17.5 Å². The molecule has 0 radical (unpaired) electrons. The van der Waals surface area contributed by atoms with Crippen molar-refractivity contribution in [2.45, 2.75) is 19.9 Å². The van der Waals surface area contributed by atoms with Gasteiger partial charge in [-0.1, -0.05) is 6.07 Å². The van der Waals surface area contributed by atoms with Crippen LogP contribution in [0.25, 0.3) is 0 Å². The van der Waals surface area contributed by atoms with Gasteiger partial charge in [0.25, 0.3) is 5.91 Å². The minimum Gasteiger partial charge on any atom is -0.481 e. The normalized spacial score (nSPS) is 16.7. The molecule has 1 aromatic heterocycles. The third-order valence-electron chi connectivity index (χ3n) is 4.33. The molecule has 1 aliphatic heterocycles. The Morgan fingerprint density at radius 1 is 1.33 bits per heavy atom. The molecule has 2 aromatic rings. The SMILES string of the molecule is Cc1cc(C(=O)N2CCNC(=O)C2c2cccs2)cc(C)c1OCC(=O)O. The minimum atomic E-state index is -1.06. The second-order valence-corrected chi connectivity index (χ2v) is 7.31. The minimum absolute atomic E-state index is 0.188. The lowest BCUT2D eigenvalue weighted by molar-refractivity contribution is -0.139. The zero-order valence-electron chi connectivity index (χ0n) is 15.0. The first-order valence-electron chi connectivity index (χ1n) is 8.46. The number of aliphatic carboxylic acids is 1. The van der Waals surface area contributed by atoms with Crippen molar-refractivity contribution >= 4 is 29.1 Å². The number of amides is 2. The Balaban J connectivity index is 1.90. The van der Waals surface area contributed by atoms with Gasteiger partial charge in [-0.15, -0.1) is 11.3 Å². The van der Waals surface area contributed by atoms with Gasteiger partial charge in [0.05, 0.1) is 0 Å². The van der Waals surface area contributed by atoms with E-state index in [9.17, 15) is 14.4 Å². The van der Waals surface area contributed by atoms with Crippen molar-refractivity contribution < 1.29 is 24.2 Å². The topological polar surface area (TPSA) is 95.9 Å². The fraction of sp³-hybridized carbons (Fsp3) is 0.316. The van der Waals surface area contributed by atoms with E-state index in [0.29, 0.717) is 35.5 Å². The first kappa shape index (κ1) is 18.9. The summed E-state index contributed by atoms with van der Waals surface area (Å²) in [7, 11) is 0. The lowest BCUT2D eigenvalue weighted by Crippen LogP contribution is -2.52. The molecule has 1 aromatic carbocycles. The number of aryl methyl sites for hydroxylation is 2. The monoisotopic (exact) mass is 388 g/mol. The summed E-state index contributed by atoms with van der Waals surface area (Å²) >= 11 is 1.44. The van der Waals surface area contributed by atoms with E-state index < -0.39 is 18.6 Å². The Hall–Kier alpha value is -2.87. The van der Waals surface area contributed by atoms with E-state index in [0.717, 1.165) is 4.88 Å². The van der Waals surface area contributed by atoms with Gasteiger partial charge in [-0.25, -0.2) is 4.79 Å². The van der Waals surface area contributed by atoms with Crippen LogP contribution in [0.3, 0.4) is 0 Å². The number of piperazine rings is 1. The maximum atomic E-state index is 13.1. The number of nitrogens with zero attached hydrogens (tertiary/aromatic N) is 1. The van der Waals surface area contributed by atoms with Crippen LogP contribution in [0.2, 0.25) is 0 Å². The first-order chi connectivity index (χ1) is 12.9. The zero-order valence-corrected chi connectivity index (χ0v) is 15.8. The van der Waals surface area contributed by atoms with Gasteiger partial charge in [0.15, 0.2) is 6.61 Å². The maximum Gasteiger partial charge on any atom is 0.341 e. The van der Waals surface area contributed by atoms with Crippen molar-refractivity contribution in [3.63, 3.8) is 0 Å². The number of carboxylic acids is 1. The highest BCUT2D eigenvalue weighted by atomic mass is 32.1. The molecule has 0 bridgehead atoms. The van der Waals surface area contributed by atoms with E-state index in [1.165, 1.54) is 11.3 Å². The quantitative estimate of drug-likeness (QED) is 0.818. The average Bonchev–Trinajstić information content (AvgIpc) is 3.13. The molecule has 142 valence electrons. The molecule has 1 saturated heterocycles. The number of nitrogens with one attached hydrogen (secondary N) is 1. The van der Waals surface area contributed by atoms with E-state index in [2.05, 4.69) is 5.32 Å². The summed E-state index contributed by atoms with van der Waals surface area (Å²) < 4.78 is 5.32. The Morgan fingerprint density at radius 2 is 2.04 bits per heavy atom. The summed E-state index contributed by atoms with van der Waals surface area (Å²) in [5, 5.41) is 13.5. The number of hydrogen-bond donors (Lipinski definition) is 2. The van der Waals surface area contributed by atoms with E-state index >= 15 is 0 Å². The van der Waals surface area contributed by atoms with Crippen LogP contribution in [-0.4, -0.2) is 47.5 Å². The van der Waals surface area contributed by atoms with Gasteiger partial charge in [-0.3, -0.25) is 9.59 Å². The van der Waals surface area contributed by atoms with Crippen LogP contribution >= 0.6 is 11.3 Å². The lowest BCUT2D eigenvalue weighted by atomic mass is 10.0.